The third kappa shape index (κ3) is 7.28. The first-order valence-electron chi connectivity index (χ1n) is 13.9. The van der Waals surface area contributed by atoms with Crippen molar-refractivity contribution < 1.29 is 27.5 Å². The molecule has 2 N–H and O–H groups in total. The van der Waals surface area contributed by atoms with Crippen LogP contribution >= 0.6 is 11.3 Å². The predicted octanol–water partition coefficient (Wildman–Crippen LogP) is 6.97. The summed E-state index contributed by atoms with van der Waals surface area (Å²) in [6.45, 7) is 7.01. The normalized spacial score (nSPS) is 15.9. The number of likely N-dealkylation sites (tertiary alicyclic amines) is 1. The van der Waals surface area contributed by atoms with Gasteiger partial charge in [0.15, 0.2) is 10.9 Å². The molecular weight excluding hydrogens is 581 g/mol. The van der Waals surface area contributed by atoms with Gasteiger partial charge in [0.2, 0.25) is 17.7 Å². The summed E-state index contributed by atoms with van der Waals surface area (Å²) in [5.74, 6) is 0.232. The number of aromatic nitrogens is 3. The van der Waals surface area contributed by atoms with Crippen LogP contribution in [0.4, 0.5) is 24.0 Å². The maximum atomic E-state index is 13.7. The van der Waals surface area contributed by atoms with Crippen molar-refractivity contribution in [2.24, 2.45) is 5.92 Å². The maximum Gasteiger partial charge on any atom is 0.416 e. The molecule has 0 bridgehead atoms. The number of anilines is 2. The molecule has 0 aliphatic carbocycles. The van der Waals surface area contributed by atoms with Crippen LogP contribution in [0.3, 0.4) is 0 Å². The lowest BCUT2D eigenvalue weighted by atomic mass is 9.99. The van der Waals surface area contributed by atoms with Gasteiger partial charge in [0, 0.05) is 25.1 Å². The van der Waals surface area contributed by atoms with E-state index in [1.54, 1.807) is 12.1 Å². The molecule has 0 unspecified atom stereocenters. The van der Waals surface area contributed by atoms with Crippen molar-refractivity contribution in [3.63, 3.8) is 0 Å². The first-order valence-corrected chi connectivity index (χ1v) is 14.7. The van der Waals surface area contributed by atoms with E-state index in [0.29, 0.717) is 34.3 Å². The van der Waals surface area contributed by atoms with Crippen LogP contribution in [0, 0.1) is 5.92 Å². The molecule has 2 amide bonds. The molecule has 13 heteroatoms. The molecule has 1 atom stereocenters. The van der Waals surface area contributed by atoms with Gasteiger partial charge in [-0.2, -0.15) is 13.2 Å². The largest absolute Gasteiger partial charge is 0.437 e. The van der Waals surface area contributed by atoms with Crippen LogP contribution in [0.2, 0.25) is 0 Å². The van der Waals surface area contributed by atoms with Crippen molar-refractivity contribution in [3.8, 4) is 22.9 Å². The molecule has 1 fully saturated rings. The number of para-hydroxylation sites is 1. The average molecular weight is 613 g/mol. The van der Waals surface area contributed by atoms with E-state index in [1.165, 1.54) is 36.7 Å². The summed E-state index contributed by atoms with van der Waals surface area (Å²) < 4.78 is 47.9. The third-order valence-corrected chi connectivity index (χ3v) is 7.85. The number of alkyl halides is 3. The zero-order chi connectivity index (χ0) is 30.7. The van der Waals surface area contributed by atoms with Gasteiger partial charge in [-0.3, -0.25) is 14.5 Å². The SMILES string of the molecule is CC(=O)Nc1nc2c(Oc3cc(-c4ccc(C(F)(F)F)cc4NC(=O)[C@@H]4CCCCN4CC(C)C)ncn3)cccc2s1. The number of piperidine rings is 1. The molecule has 5 rings (SSSR count). The zero-order valence-corrected chi connectivity index (χ0v) is 24.7. The molecule has 3 heterocycles. The Kier molecular flexibility index (Phi) is 8.92. The van der Waals surface area contributed by atoms with Gasteiger partial charge in [0.1, 0.15) is 11.8 Å². The number of hydrogen-bond donors (Lipinski definition) is 2. The minimum absolute atomic E-state index is 0.00102. The smallest absolute Gasteiger partial charge is 0.416 e. The molecule has 2 aromatic carbocycles. The van der Waals surface area contributed by atoms with Crippen LogP contribution in [-0.2, 0) is 15.8 Å². The molecule has 0 spiro atoms. The number of thiazole rings is 1. The first-order chi connectivity index (χ1) is 20.5. The predicted molar refractivity (Wildman–Crippen MR) is 159 cm³/mol. The van der Waals surface area contributed by atoms with Gasteiger partial charge >= 0.3 is 6.18 Å². The Hall–Kier alpha value is -4.10. The topological polar surface area (TPSA) is 109 Å². The van der Waals surface area contributed by atoms with E-state index >= 15 is 0 Å². The highest BCUT2D eigenvalue weighted by Crippen LogP contribution is 2.38. The number of ether oxygens (including phenoxy) is 1. The van der Waals surface area contributed by atoms with Gasteiger partial charge in [-0.1, -0.05) is 43.7 Å². The second-order valence-electron chi connectivity index (χ2n) is 10.8. The number of nitrogens with one attached hydrogen (secondary N) is 2. The molecule has 9 nitrogen and oxygen atoms in total. The fourth-order valence-corrected chi connectivity index (χ4v) is 6.03. The number of amides is 2. The van der Waals surface area contributed by atoms with Crippen LogP contribution in [0.25, 0.3) is 21.5 Å². The molecular formula is C30H31F3N6O3S. The Morgan fingerprint density at radius 1 is 1.12 bits per heavy atom. The Morgan fingerprint density at radius 2 is 1.93 bits per heavy atom. The van der Waals surface area contributed by atoms with Crippen molar-refractivity contribution in [1.29, 1.82) is 0 Å². The summed E-state index contributed by atoms with van der Waals surface area (Å²) in [6, 6.07) is 9.53. The minimum atomic E-state index is -4.60. The second kappa shape index (κ2) is 12.6. The molecule has 1 aliphatic rings. The third-order valence-electron chi connectivity index (χ3n) is 6.92. The van der Waals surface area contributed by atoms with E-state index in [9.17, 15) is 22.8 Å². The fraction of sp³-hybridized carbons (Fsp3) is 0.367. The molecule has 0 saturated carbocycles. The van der Waals surface area contributed by atoms with Crippen molar-refractivity contribution in [2.45, 2.75) is 52.3 Å². The van der Waals surface area contributed by atoms with E-state index in [-0.39, 0.29) is 29.1 Å². The standard InChI is InChI=1S/C30H31F3N6O3S/c1-17(2)15-39-12-5-4-7-23(39)28(41)37-22-13-19(30(31,32)33)10-11-20(22)21-14-26(35-16-34-21)42-24-8-6-9-25-27(24)38-29(43-25)36-18(3)40/h6,8-11,13-14,16-17,23H,4-5,7,12,15H2,1-3H3,(H,37,41)(H,36,38,40)/t23-/m0/s1. The summed E-state index contributed by atoms with van der Waals surface area (Å²) in [7, 11) is 0. The molecule has 1 aliphatic heterocycles. The fourth-order valence-electron chi connectivity index (χ4n) is 5.10. The Morgan fingerprint density at radius 3 is 2.67 bits per heavy atom. The summed E-state index contributed by atoms with van der Waals surface area (Å²) in [6.07, 6.45) is -0.896. The van der Waals surface area contributed by atoms with E-state index in [0.717, 1.165) is 42.8 Å². The van der Waals surface area contributed by atoms with E-state index in [1.807, 2.05) is 6.07 Å². The zero-order valence-electron chi connectivity index (χ0n) is 23.9. The number of benzene rings is 2. The van der Waals surface area contributed by atoms with Crippen molar-refractivity contribution in [3.05, 3.63) is 54.4 Å². The van der Waals surface area contributed by atoms with Gasteiger partial charge in [0.25, 0.3) is 0 Å². The lowest BCUT2D eigenvalue weighted by Crippen LogP contribution is -2.48. The van der Waals surface area contributed by atoms with Crippen molar-refractivity contribution in [1.82, 2.24) is 19.9 Å². The lowest BCUT2D eigenvalue weighted by Gasteiger charge is -2.35. The van der Waals surface area contributed by atoms with Crippen LogP contribution in [0.1, 0.15) is 45.6 Å². The number of carbonyl (C=O) groups is 2. The monoisotopic (exact) mass is 612 g/mol. The van der Waals surface area contributed by atoms with Gasteiger partial charge in [-0.25, -0.2) is 15.0 Å². The first kappa shape index (κ1) is 30.4. The van der Waals surface area contributed by atoms with Gasteiger partial charge < -0.3 is 15.4 Å². The van der Waals surface area contributed by atoms with Gasteiger partial charge in [0.05, 0.1) is 27.7 Å². The molecule has 4 aromatic rings. The minimum Gasteiger partial charge on any atom is -0.437 e. The second-order valence-corrected chi connectivity index (χ2v) is 11.8. The maximum absolute atomic E-state index is 13.7. The number of halogens is 3. The summed E-state index contributed by atoms with van der Waals surface area (Å²) in [5, 5.41) is 5.85. The number of rotatable bonds is 8. The highest BCUT2D eigenvalue weighted by Gasteiger charge is 2.33. The van der Waals surface area contributed by atoms with E-state index < -0.39 is 17.8 Å². The van der Waals surface area contributed by atoms with E-state index in [2.05, 4.69) is 44.3 Å². The average Bonchev–Trinajstić information content (AvgIpc) is 3.35. The van der Waals surface area contributed by atoms with Crippen LogP contribution in [0.5, 0.6) is 11.6 Å². The molecule has 43 heavy (non-hydrogen) atoms. The van der Waals surface area contributed by atoms with Crippen LogP contribution in [0.15, 0.2) is 48.8 Å². The molecule has 2 aromatic heterocycles. The van der Waals surface area contributed by atoms with E-state index in [4.69, 9.17) is 4.74 Å². The lowest BCUT2D eigenvalue weighted by molar-refractivity contribution is -0.137. The van der Waals surface area contributed by atoms with Crippen molar-refractivity contribution in [2.75, 3.05) is 23.7 Å². The van der Waals surface area contributed by atoms with Crippen LogP contribution in [-0.4, -0.2) is 50.8 Å². The number of hydrogen-bond acceptors (Lipinski definition) is 8. The Balaban J connectivity index is 1.46. The van der Waals surface area contributed by atoms with Gasteiger partial charge in [-0.15, -0.1) is 0 Å². The summed E-state index contributed by atoms with van der Waals surface area (Å²) >= 11 is 1.28. The van der Waals surface area contributed by atoms with Crippen molar-refractivity contribution >= 4 is 44.2 Å². The Bertz CT molecular complexity index is 1640. The Labute approximate surface area is 250 Å². The number of carbonyl (C=O) groups excluding carboxylic acids is 2. The molecule has 226 valence electrons. The summed E-state index contributed by atoms with van der Waals surface area (Å²) in [5.41, 5.74) is 0.184. The van der Waals surface area contributed by atoms with Crippen LogP contribution < -0.4 is 15.4 Å². The summed E-state index contributed by atoms with van der Waals surface area (Å²) in [4.78, 5) is 40.0. The number of fused-ring (bicyclic) bond motifs is 1. The molecule has 1 saturated heterocycles. The van der Waals surface area contributed by atoms with Gasteiger partial charge in [-0.05, 0) is 49.6 Å². The molecule has 0 radical (unpaired) electrons. The highest BCUT2D eigenvalue weighted by molar-refractivity contribution is 7.22. The number of nitrogens with zero attached hydrogens (tertiary/aromatic N) is 4. The quantitative estimate of drug-likeness (QED) is 0.221. The highest BCUT2D eigenvalue weighted by atomic mass is 32.1.